The van der Waals surface area contributed by atoms with E-state index in [4.69, 9.17) is 0 Å². The van der Waals surface area contributed by atoms with Crippen molar-refractivity contribution in [3.05, 3.63) is 30.3 Å². The topological polar surface area (TPSA) is 17.1 Å². The molecule has 0 amide bonds. The molecule has 0 bridgehead atoms. The summed E-state index contributed by atoms with van der Waals surface area (Å²) in [6.07, 6.45) is 1.16. The van der Waals surface area contributed by atoms with E-state index in [9.17, 15) is 4.79 Å². The molecule has 0 spiro atoms. The molecule has 15 heavy (non-hydrogen) atoms. The summed E-state index contributed by atoms with van der Waals surface area (Å²) in [5, 5.41) is 0. The Morgan fingerprint density at radius 3 is 2.33 bits per heavy atom. The minimum absolute atomic E-state index is 0.270. The number of carbonyl (C=O) groups is 1. The average Bonchev–Trinajstić information content (AvgIpc) is 2.16. The molecule has 0 aromatic heterocycles. The van der Waals surface area contributed by atoms with Crippen LogP contribution in [0.5, 0.6) is 0 Å². The summed E-state index contributed by atoms with van der Waals surface area (Å²) in [4.78, 5) is 11.3. The van der Waals surface area contributed by atoms with Gasteiger partial charge in [-0.05, 0) is 0 Å². The molecule has 1 aromatic carbocycles. The Balaban J connectivity index is 2.59. The first kappa shape index (κ1) is 12.7. The maximum atomic E-state index is 11.0. The molecule has 0 aliphatic carbocycles. The summed E-state index contributed by atoms with van der Waals surface area (Å²) in [5.74, 6) is 0. The van der Waals surface area contributed by atoms with Crippen LogP contribution in [0.2, 0.25) is 30.5 Å². The molecule has 0 saturated carbocycles. The predicted octanol–water partition coefficient (Wildman–Crippen LogP) is 2.34. The van der Waals surface area contributed by atoms with Crippen LogP contribution in [0.3, 0.4) is 0 Å². The van der Waals surface area contributed by atoms with Crippen LogP contribution < -0.4 is 4.46 Å². The number of rotatable bonds is 5. The predicted molar refractivity (Wildman–Crippen MR) is 69.8 cm³/mol. The molecule has 1 nitrogen and oxygen atoms in total. The number of hydrogen-bond acceptors (Lipinski definition) is 1. The minimum atomic E-state index is -1.11. The van der Waals surface area contributed by atoms with Crippen LogP contribution in [0, 0.1) is 0 Å². The van der Waals surface area contributed by atoms with Gasteiger partial charge in [0.2, 0.25) is 0 Å². The summed E-state index contributed by atoms with van der Waals surface area (Å²) < 4.78 is 1.33. The van der Waals surface area contributed by atoms with Crippen LogP contribution in [0.25, 0.3) is 0 Å². The van der Waals surface area contributed by atoms with Crippen molar-refractivity contribution >= 4 is 33.8 Å². The van der Waals surface area contributed by atoms with Gasteiger partial charge in [0, 0.05) is 0 Å². The molecule has 0 radical (unpaired) electrons. The fourth-order valence-electron chi connectivity index (χ4n) is 1.39. The van der Waals surface area contributed by atoms with Gasteiger partial charge in [-0.2, -0.15) is 0 Å². The van der Waals surface area contributed by atoms with Crippen molar-refractivity contribution in [3.63, 3.8) is 0 Å². The first-order valence-electron chi connectivity index (χ1n) is 5.18. The molecule has 1 unspecified atom stereocenters. The van der Waals surface area contributed by atoms with E-state index in [0.717, 1.165) is 12.3 Å². The quantitative estimate of drug-likeness (QED) is 0.599. The summed E-state index contributed by atoms with van der Waals surface area (Å²) in [7, 11) is -1.11. The van der Waals surface area contributed by atoms with Gasteiger partial charge in [-0.3, -0.25) is 0 Å². The molecule has 0 saturated heterocycles. The molecule has 1 rings (SSSR count). The zero-order chi connectivity index (χ0) is 11.3. The van der Waals surface area contributed by atoms with Gasteiger partial charge in [0.05, 0.1) is 0 Å². The van der Waals surface area contributed by atoms with Gasteiger partial charge in [-0.25, -0.2) is 0 Å². The van der Waals surface area contributed by atoms with Gasteiger partial charge in [-0.1, -0.05) is 0 Å². The van der Waals surface area contributed by atoms with E-state index in [0.29, 0.717) is 15.0 Å². The van der Waals surface area contributed by atoms with E-state index >= 15 is 0 Å². The van der Waals surface area contributed by atoms with E-state index in [-0.39, 0.29) is 4.82 Å². The SMILES string of the molecule is C[Si](C)(C)CC(C=O)[Se]c1ccccc1. The molecule has 0 aliphatic rings. The van der Waals surface area contributed by atoms with Crippen LogP contribution in [0.15, 0.2) is 30.3 Å². The molecule has 0 heterocycles. The van der Waals surface area contributed by atoms with Crippen molar-refractivity contribution in [2.45, 2.75) is 30.5 Å². The molecular weight excluding hydrogens is 267 g/mol. The van der Waals surface area contributed by atoms with Crippen molar-refractivity contribution in [2.24, 2.45) is 0 Å². The zero-order valence-electron chi connectivity index (χ0n) is 9.57. The number of hydrogen-bond donors (Lipinski definition) is 0. The Kier molecular flexibility index (Phi) is 4.77. The van der Waals surface area contributed by atoms with Crippen molar-refractivity contribution < 1.29 is 4.79 Å². The Labute approximate surface area is 99.4 Å². The molecule has 0 fully saturated rings. The maximum absolute atomic E-state index is 11.0. The van der Waals surface area contributed by atoms with Crippen LogP contribution in [-0.2, 0) is 4.79 Å². The van der Waals surface area contributed by atoms with Gasteiger partial charge >= 0.3 is 99.4 Å². The van der Waals surface area contributed by atoms with Crippen LogP contribution in [-0.4, -0.2) is 29.3 Å². The van der Waals surface area contributed by atoms with Crippen molar-refractivity contribution in [1.82, 2.24) is 0 Å². The average molecular weight is 285 g/mol. The third-order valence-electron chi connectivity index (χ3n) is 2.00. The van der Waals surface area contributed by atoms with Gasteiger partial charge < -0.3 is 0 Å². The molecule has 3 heteroatoms. The second-order valence-electron chi connectivity index (χ2n) is 4.87. The monoisotopic (exact) mass is 286 g/mol. The Morgan fingerprint density at radius 2 is 1.87 bits per heavy atom. The Hall–Kier alpha value is -0.374. The fourth-order valence-corrected chi connectivity index (χ4v) is 7.96. The van der Waals surface area contributed by atoms with E-state index in [1.54, 1.807) is 0 Å². The summed E-state index contributed by atoms with van der Waals surface area (Å²) in [5.41, 5.74) is 0. The molecule has 0 N–H and O–H groups in total. The first-order valence-corrected chi connectivity index (χ1v) is 10.7. The summed E-state index contributed by atoms with van der Waals surface area (Å²) in [6, 6.07) is 11.5. The van der Waals surface area contributed by atoms with Gasteiger partial charge in [0.25, 0.3) is 0 Å². The molecule has 82 valence electrons. The number of carbonyl (C=O) groups excluding carboxylic acids is 1. The van der Waals surface area contributed by atoms with Crippen LogP contribution in [0.4, 0.5) is 0 Å². The standard InChI is InChI=1S/C12H18OSeSi/c1-15(2,3)10-12(9-13)14-11-7-5-4-6-8-11/h4-9,12H,10H2,1-3H3. The van der Waals surface area contributed by atoms with Crippen LogP contribution >= 0.6 is 0 Å². The van der Waals surface area contributed by atoms with Crippen molar-refractivity contribution in [3.8, 4) is 0 Å². The van der Waals surface area contributed by atoms with Gasteiger partial charge in [-0.15, -0.1) is 0 Å². The number of aldehydes is 1. The van der Waals surface area contributed by atoms with Crippen LogP contribution in [0.1, 0.15) is 0 Å². The van der Waals surface area contributed by atoms with E-state index in [2.05, 4.69) is 31.8 Å². The van der Waals surface area contributed by atoms with E-state index in [1.165, 1.54) is 4.46 Å². The molecule has 1 atom stereocenters. The van der Waals surface area contributed by atoms with E-state index < -0.39 is 8.07 Å². The van der Waals surface area contributed by atoms with E-state index in [1.807, 2.05) is 18.2 Å². The Morgan fingerprint density at radius 1 is 1.27 bits per heavy atom. The van der Waals surface area contributed by atoms with Gasteiger partial charge in [0.15, 0.2) is 0 Å². The zero-order valence-corrected chi connectivity index (χ0v) is 12.3. The first-order chi connectivity index (χ1) is 7.01. The normalized spacial score (nSPS) is 13.5. The summed E-state index contributed by atoms with van der Waals surface area (Å²) in [6.45, 7) is 6.97. The third-order valence-corrected chi connectivity index (χ3v) is 6.68. The fraction of sp³-hybridized carbons (Fsp3) is 0.417. The van der Waals surface area contributed by atoms with Crippen molar-refractivity contribution in [2.75, 3.05) is 0 Å². The summed E-state index contributed by atoms with van der Waals surface area (Å²) >= 11 is 0.309. The second-order valence-corrected chi connectivity index (χ2v) is 13.2. The third kappa shape index (κ3) is 5.31. The molecular formula is C12H18OSeSi. The molecule has 1 aromatic rings. The Bertz CT molecular complexity index is 305. The molecule has 0 aliphatic heterocycles. The van der Waals surface area contributed by atoms with Gasteiger partial charge in [0.1, 0.15) is 0 Å². The van der Waals surface area contributed by atoms with Crippen molar-refractivity contribution in [1.29, 1.82) is 0 Å². The number of benzene rings is 1. The second kappa shape index (κ2) is 5.64.